The van der Waals surface area contributed by atoms with Crippen LogP contribution in [0.2, 0.25) is 0 Å². The summed E-state index contributed by atoms with van der Waals surface area (Å²) in [5.74, 6) is 0.876. The molecule has 0 spiro atoms. The van der Waals surface area contributed by atoms with Crippen molar-refractivity contribution in [1.82, 2.24) is 4.98 Å². The molecule has 0 aliphatic rings. The molecule has 2 aromatic rings. The van der Waals surface area contributed by atoms with Crippen LogP contribution in [0.1, 0.15) is 38.2 Å². The van der Waals surface area contributed by atoms with Gasteiger partial charge in [0.1, 0.15) is 5.75 Å². The summed E-state index contributed by atoms with van der Waals surface area (Å²) in [6.45, 7) is 2.24. The van der Waals surface area contributed by atoms with E-state index in [1.54, 1.807) is 7.11 Å². The quantitative estimate of drug-likeness (QED) is 0.668. The number of hydrogen-bond donors (Lipinski definition) is 0. The van der Waals surface area contributed by atoms with E-state index in [0.29, 0.717) is 0 Å². The van der Waals surface area contributed by atoms with Crippen LogP contribution in [-0.2, 0) is 6.42 Å². The largest absolute Gasteiger partial charge is 0.497 e. The average molecular weight is 269 g/mol. The first-order valence-corrected chi connectivity index (χ1v) is 7.43. The molecule has 0 radical (unpaired) electrons. The number of unbranched alkanes of at least 4 members (excludes halogenated alkanes) is 3. The molecule has 20 heavy (non-hydrogen) atoms. The van der Waals surface area contributed by atoms with Crippen molar-refractivity contribution in [1.29, 1.82) is 0 Å². The molecule has 2 nitrogen and oxygen atoms in total. The van der Waals surface area contributed by atoms with Crippen molar-refractivity contribution in [3.8, 4) is 17.0 Å². The predicted molar refractivity (Wildman–Crippen MR) is 84.1 cm³/mol. The third-order valence-electron chi connectivity index (χ3n) is 3.53. The van der Waals surface area contributed by atoms with Gasteiger partial charge < -0.3 is 4.74 Å². The third-order valence-corrected chi connectivity index (χ3v) is 3.53. The maximum absolute atomic E-state index is 5.17. The Morgan fingerprint density at radius 2 is 1.75 bits per heavy atom. The second kappa shape index (κ2) is 7.68. The molecule has 0 saturated carbocycles. The predicted octanol–water partition coefficient (Wildman–Crippen LogP) is 4.88. The Balaban J connectivity index is 1.96. The number of aromatic nitrogens is 1. The van der Waals surface area contributed by atoms with Crippen LogP contribution in [0, 0.1) is 0 Å². The second-order valence-corrected chi connectivity index (χ2v) is 5.09. The van der Waals surface area contributed by atoms with Crippen LogP contribution in [0.5, 0.6) is 5.75 Å². The van der Waals surface area contributed by atoms with E-state index >= 15 is 0 Å². The molecular formula is C18H23NO. The third kappa shape index (κ3) is 4.09. The molecule has 2 rings (SSSR count). The van der Waals surface area contributed by atoms with E-state index in [1.165, 1.54) is 31.2 Å². The zero-order valence-electron chi connectivity index (χ0n) is 12.4. The Labute approximate surface area is 121 Å². The van der Waals surface area contributed by atoms with Gasteiger partial charge in [-0.15, -0.1) is 0 Å². The lowest BCUT2D eigenvalue weighted by molar-refractivity contribution is 0.415. The summed E-state index contributed by atoms with van der Waals surface area (Å²) in [6, 6.07) is 12.3. The summed E-state index contributed by atoms with van der Waals surface area (Å²) < 4.78 is 5.17. The Bertz CT molecular complexity index is 502. The molecule has 1 heterocycles. The molecule has 0 unspecified atom stereocenters. The van der Waals surface area contributed by atoms with Gasteiger partial charge in [0, 0.05) is 11.8 Å². The van der Waals surface area contributed by atoms with Gasteiger partial charge in [-0.25, -0.2) is 0 Å². The van der Waals surface area contributed by atoms with Crippen LogP contribution in [0.4, 0.5) is 0 Å². The first-order chi connectivity index (χ1) is 9.83. The van der Waals surface area contributed by atoms with Crippen LogP contribution < -0.4 is 4.74 Å². The Kier molecular flexibility index (Phi) is 5.60. The van der Waals surface area contributed by atoms with E-state index in [0.717, 1.165) is 23.4 Å². The van der Waals surface area contributed by atoms with Gasteiger partial charge in [-0.3, -0.25) is 4.98 Å². The van der Waals surface area contributed by atoms with E-state index in [1.807, 2.05) is 30.5 Å². The van der Waals surface area contributed by atoms with Crippen molar-refractivity contribution in [2.45, 2.75) is 39.0 Å². The molecule has 1 aromatic carbocycles. The molecule has 0 fully saturated rings. The molecule has 0 amide bonds. The van der Waals surface area contributed by atoms with E-state index < -0.39 is 0 Å². The first kappa shape index (κ1) is 14.6. The fraction of sp³-hybridized carbons (Fsp3) is 0.389. The molecule has 0 atom stereocenters. The smallest absolute Gasteiger partial charge is 0.118 e. The number of pyridine rings is 1. The second-order valence-electron chi connectivity index (χ2n) is 5.09. The molecule has 0 saturated heterocycles. The molecule has 0 aliphatic carbocycles. The number of hydrogen-bond acceptors (Lipinski definition) is 2. The summed E-state index contributed by atoms with van der Waals surface area (Å²) in [6.07, 6.45) is 8.33. The highest BCUT2D eigenvalue weighted by molar-refractivity contribution is 5.60. The fourth-order valence-corrected chi connectivity index (χ4v) is 2.26. The van der Waals surface area contributed by atoms with Gasteiger partial charge in [0.15, 0.2) is 0 Å². The Hall–Kier alpha value is -1.83. The molecule has 0 aliphatic heterocycles. The minimum absolute atomic E-state index is 0.876. The average Bonchev–Trinajstić information content (AvgIpc) is 2.52. The summed E-state index contributed by atoms with van der Waals surface area (Å²) >= 11 is 0. The number of ether oxygens (including phenoxy) is 1. The van der Waals surface area contributed by atoms with Crippen LogP contribution in [-0.4, -0.2) is 12.1 Å². The highest BCUT2D eigenvalue weighted by Crippen LogP contribution is 2.21. The minimum Gasteiger partial charge on any atom is -0.497 e. The van der Waals surface area contributed by atoms with Gasteiger partial charge in [-0.2, -0.15) is 0 Å². The number of methoxy groups -OCH3 is 1. The maximum Gasteiger partial charge on any atom is 0.118 e. The van der Waals surface area contributed by atoms with Crippen molar-refractivity contribution >= 4 is 0 Å². The lowest BCUT2D eigenvalue weighted by Crippen LogP contribution is -1.90. The fourth-order valence-electron chi connectivity index (χ4n) is 2.26. The van der Waals surface area contributed by atoms with Crippen molar-refractivity contribution in [2.75, 3.05) is 7.11 Å². The number of aryl methyl sites for hydroxylation is 1. The standard InChI is InChI=1S/C18H23NO/c1-3-4-5-6-7-15-8-13-18(19-14-15)16-9-11-17(20-2)12-10-16/h8-14H,3-7H2,1-2H3. The van der Waals surface area contributed by atoms with Crippen LogP contribution in [0.25, 0.3) is 11.3 Å². The number of benzene rings is 1. The van der Waals surface area contributed by atoms with Gasteiger partial charge in [0.05, 0.1) is 12.8 Å². The molecule has 106 valence electrons. The normalized spacial score (nSPS) is 10.5. The van der Waals surface area contributed by atoms with E-state index in [-0.39, 0.29) is 0 Å². The van der Waals surface area contributed by atoms with E-state index in [2.05, 4.69) is 24.0 Å². The van der Waals surface area contributed by atoms with Crippen molar-refractivity contribution in [3.63, 3.8) is 0 Å². The summed E-state index contributed by atoms with van der Waals surface area (Å²) in [7, 11) is 1.68. The van der Waals surface area contributed by atoms with E-state index in [4.69, 9.17) is 4.74 Å². The van der Waals surface area contributed by atoms with Crippen LogP contribution >= 0.6 is 0 Å². The summed E-state index contributed by atoms with van der Waals surface area (Å²) in [5.41, 5.74) is 3.48. The summed E-state index contributed by atoms with van der Waals surface area (Å²) in [5, 5.41) is 0. The van der Waals surface area contributed by atoms with Gasteiger partial charge in [-0.05, 0) is 48.7 Å². The van der Waals surface area contributed by atoms with Gasteiger partial charge in [-0.1, -0.05) is 32.3 Å². The van der Waals surface area contributed by atoms with E-state index in [9.17, 15) is 0 Å². The topological polar surface area (TPSA) is 22.1 Å². The van der Waals surface area contributed by atoms with Gasteiger partial charge >= 0.3 is 0 Å². The van der Waals surface area contributed by atoms with Crippen LogP contribution in [0.15, 0.2) is 42.6 Å². The first-order valence-electron chi connectivity index (χ1n) is 7.43. The number of rotatable bonds is 7. The highest BCUT2D eigenvalue weighted by Gasteiger charge is 2.00. The molecule has 0 N–H and O–H groups in total. The Morgan fingerprint density at radius 1 is 0.950 bits per heavy atom. The number of nitrogens with zero attached hydrogens (tertiary/aromatic N) is 1. The zero-order chi connectivity index (χ0) is 14.2. The molecule has 1 aromatic heterocycles. The lowest BCUT2D eigenvalue weighted by atomic mass is 10.1. The lowest BCUT2D eigenvalue weighted by Gasteiger charge is -2.05. The maximum atomic E-state index is 5.17. The molecular weight excluding hydrogens is 246 g/mol. The van der Waals surface area contributed by atoms with Crippen molar-refractivity contribution in [2.24, 2.45) is 0 Å². The summed E-state index contributed by atoms with van der Waals surface area (Å²) in [4.78, 5) is 4.56. The van der Waals surface area contributed by atoms with Crippen molar-refractivity contribution < 1.29 is 4.74 Å². The highest BCUT2D eigenvalue weighted by atomic mass is 16.5. The van der Waals surface area contributed by atoms with Gasteiger partial charge in [0.25, 0.3) is 0 Å². The van der Waals surface area contributed by atoms with Crippen molar-refractivity contribution in [3.05, 3.63) is 48.2 Å². The molecule has 2 heteroatoms. The Morgan fingerprint density at radius 3 is 2.35 bits per heavy atom. The SMILES string of the molecule is CCCCCCc1ccc(-c2ccc(OC)cc2)nc1. The minimum atomic E-state index is 0.876. The monoisotopic (exact) mass is 269 g/mol. The van der Waals surface area contributed by atoms with Crippen LogP contribution in [0.3, 0.4) is 0 Å². The zero-order valence-corrected chi connectivity index (χ0v) is 12.4. The molecule has 0 bridgehead atoms. The van der Waals surface area contributed by atoms with Gasteiger partial charge in [0.2, 0.25) is 0 Å².